The molecule has 7 rings (SSSR count). The third kappa shape index (κ3) is 10.0. The number of nitriles is 1. The number of amides is 2. The number of hydrogen-bond donors (Lipinski definition) is 3. The number of oxime groups is 1. The summed E-state index contributed by atoms with van der Waals surface area (Å²) in [6.45, 7) is 4.44. The highest BCUT2D eigenvalue weighted by Crippen LogP contribution is 2.62. The lowest BCUT2D eigenvalue weighted by Gasteiger charge is -2.60. The van der Waals surface area contributed by atoms with Gasteiger partial charge in [0.15, 0.2) is 0 Å². The van der Waals surface area contributed by atoms with Crippen molar-refractivity contribution in [3.8, 4) is 17.6 Å². The maximum absolute atomic E-state index is 15.1. The summed E-state index contributed by atoms with van der Waals surface area (Å²) in [5.74, 6) is -2.66. The second-order valence-corrected chi connectivity index (χ2v) is 16.4. The van der Waals surface area contributed by atoms with Crippen molar-refractivity contribution in [3.63, 3.8) is 0 Å². The van der Waals surface area contributed by atoms with E-state index in [4.69, 9.17) is 19.0 Å². The molecule has 0 spiro atoms. The summed E-state index contributed by atoms with van der Waals surface area (Å²) in [5, 5.41) is 36.9. The van der Waals surface area contributed by atoms with Crippen LogP contribution in [-0.4, -0.2) is 71.6 Å². The maximum atomic E-state index is 15.1. The third-order valence-corrected chi connectivity index (χ3v) is 12.5. The second kappa shape index (κ2) is 21.4. The minimum absolute atomic E-state index is 0.0162. The fourth-order valence-electron chi connectivity index (χ4n) is 9.70. The van der Waals surface area contributed by atoms with E-state index in [1.165, 1.54) is 19.2 Å². The molecule has 2 amide bonds. The first-order valence-corrected chi connectivity index (χ1v) is 21.9. The number of ether oxygens (including phenoxy) is 3. The number of hydrogen-bond acceptors (Lipinski definition) is 10. The van der Waals surface area contributed by atoms with Crippen molar-refractivity contribution >= 4 is 17.7 Å². The highest BCUT2D eigenvalue weighted by atomic mass is 19.1. The molecule has 64 heavy (non-hydrogen) atoms. The van der Waals surface area contributed by atoms with Crippen molar-refractivity contribution in [2.75, 3.05) is 26.9 Å². The van der Waals surface area contributed by atoms with E-state index in [-0.39, 0.29) is 63.0 Å². The Morgan fingerprint density at radius 2 is 1.72 bits per heavy atom. The van der Waals surface area contributed by atoms with Crippen molar-refractivity contribution in [2.45, 2.75) is 75.8 Å². The Labute approximate surface area is 373 Å². The molecular formula is C51H55FN4O8. The number of aliphatic hydroxyl groups excluding tert-OH is 2. The van der Waals surface area contributed by atoms with Crippen molar-refractivity contribution in [1.82, 2.24) is 10.2 Å². The number of nitrogens with zero attached hydrogens (tertiary/aromatic N) is 3. The molecule has 3 N–H and O–H groups in total. The van der Waals surface area contributed by atoms with Crippen molar-refractivity contribution < 1.29 is 43.2 Å². The van der Waals surface area contributed by atoms with E-state index in [0.29, 0.717) is 53.2 Å². The van der Waals surface area contributed by atoms with Crippen LogP contribution in [0.1, 0.15) is 83.5 Å². The molecule has 2 aliphatic carbocycles. The van der Waals surface area contributed by atoms with E-state index >= 15 is 4.79 Å². The first kappa shape index (κ1) is 45.7. The predicted octanol–water partition coefficient (Wildman–Crippen LogP) is 8.59. The van der Waals surface area contributed by atoms with E-state index in [1.54, 1.807) is 59.5 Å². The fraction of sp³-hybridized carbons (Fsp3) is 0.373. The summed E-state index contributed by atoms with van der Waals surface area (Å²) in [5.41, 5.74) is 4.50. The van der Waals surface area contributed by atoms with Gasteiger partial charge in [0.2, 0.25) is 5.79 Å². The minimum atomic E-state index is -1.58. The molecule has 334 valence electrons. The lowest BCUT2D eigenvalue weighted by atomic mass is 9.55. The Morgan fingerprint density at radius 3 is 2.41 bits per heavy atom. The molecule has 4 aromatic carbocycles. The fourth-order valence-corrected chi connectivity index (χ4v) is 9.70. The van der Waals surface area contributed by atoms with E-state index in [1.807, 2.05) is 36.4 Å². The van der Waals surface area contributed by atoms with E-state index in [0.717, 1.165) is 36.0 Å². The monoisotopic (exact) mass is 870 g/mol. The number of rotatable bonds is 19. The first-order valence-electron chi connectivity index (χ1n) is 21.9. The molecule has 0 bridgehead atoms. The van der Waals surface area contributed by atoms with Crippen molar-refractivity contribution in [1.29, 1.82) is 5.26 Å². The van der Waals surface area contributed by atoms with E-state index in [2.05, 4.69) is 29.2 Å². The van der Waals surface area contributed by atoms with Gasteiger partial charge in [-0.25, -0.2) is 9.18 Å². The van der Waals surface area contributed by atoms with Crippen LogP contribution in [0.2, 0.25) is 0 Å². The van der Waals surface area contributed by atoms with Crippen LogP contribution in [0.5, 0.6) is 11.5 Å². The van der Waals surface area contributed by atoms with Gasteiger partial charge in [0.1, 0.15) is 30.5 Å². The molecule has 0 aromatic heterocycles. The lowest BCUT2D eigenvalue weighted by molar-refractivity contribution is -0.255. The molecular weight excluding hydrogens is 816 g/mol. The zero-order valence-corrected chi connectivity index (χ0v) is 36.0. The largest absolute Gasteiger partial charge is 0.459 e. The van der Waals surface area contributed by atoms with Crippen LogP contribution in [0.3, 0.4) is 0 Å². The van der Waals surface area contributed by atoms with Gasteiger partial charge in [-0.1, -0.05) is 72.6 Å². The van der Waals surface area contributed by atoms with Crippen LogP contribution in [0, 0.1) is 34.9 Å². The second-order valence-electron chi connectivity index (χ2n) is 16.4. The van der Waals surface area contributed by atoms with Crippen LogP contribution < -0.4 is 14.8 Å². The summed E-state index contributed by atoms with van der Waals surface area (Å²) >= 11 is 0. The summed E-state index contributed by atoms with van der Waals surface area (Å²) in [6.07, 6.45) is 7.53. The van der Waals surface area contributed by atoms with Gasteiger partial charge in [0, 0.05) is 49.8 Å². The Hall–Kier alpha value is -6.33. The first-order chi connectivity index (χ1) is 31.2. The smallest absolute Gasteiger partial charge is 0.412 e. The normalized spacial score (nSPS) is 22.5. The van der Waals surface area contributed by atoms with Crippen molar-refractivity contribution in [3.05, 3.63) is 155 Å². The standard InChI is InChI=1S/C51H55FN4O8/c1-3-27-62-51-46(56(33-36-17-21-39(52)22-18-36)49(59)37-19-15-34(31-53)16-20-37)30-44(55-61-2)42-28-38(13-7-9-25-57)41(14-8-10-26-58)47(48(42)51)43-29-40(23-24-45(43)64-51)63-50(60)54-32-35-11-5-4-6-12-35/h3-6,11-12,15-24,28-29,38,41,46-48,57-58H,1,7-10,13-14,25-27,30,32-33H2,2H3,(H,54,60)/t38-,41+,46-,47+,48+,51+/m0/s1. The summed E-state index contributed by atoms with van der Waals surface area (Å²) in [6, 6.07) is 28.4. The molecule has 1 saturated carbocycles. The zero-order valence-electron chi connectivity index (χ0n) is 36.0. The molecule has 3 aliphatic rings. The molecule has 0 unspecified atom stereocenters. The van der Waals surface area contributed by atoms with Gasteiger partial charge in [-0.15, -0.1) is 6.58 Å². The minimum Gasteiger partial charge on any atom is -0.459 e. The average Bonchev–Trinajstić information content (AvgIpc) is 3.32. The Balaban J connectivity index is 1.41. The summed E-state index contributed by atoms with van der Waals surface area (Å²) in [7, 11) is 1.48. The number of benzene rings is 4. The molecule has 0 radical (unpaired) electrons. The van der Waals surface area contributed by atoms with Gasteiger partial charge >= 0.3 is 6.09 Å². The maximum Gasteiger partial charge on any atom is 0.412 e. The lowest BCUT2D eigenvalue weighted by Crippen LogP contribution is -2.70. The predicted molar refractivity (Wildman–Crippen MR) is 239 cm³/mol. The zero-order chi connectivity index (χ0) is 45.1. The molecule has 13 heteroatoms. The highest BCUT2D eigenvalue weighted by Gasteiger charge is 2.65. The molecule has 6 atom stereocenters. The van der Waals surface area contributed by atoms with Crippen LogP contribution in [0.4, 0.5) is 9.18 Å². The van der Waals surface area contributed by atoms with Gasteiger partial charge in [-0.3, -0.25) is 4.79 Å². The third-order valence-electron chi connectivity index (χ3n) is 12.5. The van der Waals surface area contributed by atoms with Crippen molar-refractivity contribution in [2.24, 2.45) is 22.9 Å². The molecule has 12 nitrogen and oxygen atoms in total. The quantitative estimate of drug-likeness (QED) is 0.0476. The number of carbonyl (C=O) groups is 2. The van der Waals surface area contributed by atoms with Crippen LogP contribution in [-0.2, 0) is 22.7 Å². The van der Waals surface area contributed by atoms with Gasteiger partial charge in [-0.05, 0) is 109 Å². The molecule has 4 aromatic rings. The van der Waals surface area contributed by atoms with Gasteiger partial charge < -0.3 is 39.5 Å². The molecule has 1 fully saturated rings. The number of aliphatic hydroxyl groups is 2. The van der Waals surface area contributed by atoms with Gasteiger partial charge in [-0.2, -0.15) is 5.26 Å². The summed E-state index contributed by atoms with van der Waals surface area (Å²) in [4.78, 5) is 35.7. The topological polar surface area (TPSA) is 163 Å². The Bertz CT molecular complexity index is 2350. The van der Waals surface area contributed by atoms with E-state index in [9.17, 15) is 24.7 Å². The number of carbonyl (C=O) groups excluding carboxylic acids is 2. The van der Waals surface area contributed by atoms with E-state index < -0.39 is 29.7 Å². The van der Waals surface area contributed by atoms with Crippen LogP contribution in [0.15, 0.2) is 127 Å². The number of fused-ring (bicyclic) bond motifs is 2. The summed E-state index contributed by atoms with van der Waals surface area (Å²) < 4.78 is 34.6. The van der Waals surface area contributed by atoms with Crippen LogP contribution >= 0.6 is 0 Å². The average molecular weight is 871 g/mol. The number of allylic oxidation sites excluding steroid dienone is 1. The van der Waals surface area contributed by atoms with Gasteiger partial charge in [0.25, 0.3) is 5.91 Å². The number of unbranched alkanes of at least 4 members (excludes halogenated alkanes) is 2. The van der Waals surface area contributed by atoms with Crippen LogP contribution in [0.25, 0.3) is 0 Å². The molecule has 1 aliphatic heterocycles. The van der Waals surface area contributed by atoms with Gasteiger partial charge in [0.05, 0.1) is 29.9 Å². The number of halogens is 1. The Morgan fingerprint density at radius 1 is 0.984 bits per heavy atom. The number of nitrogens with one attached hydrogen (secondary N) is 1. The highest BCUT2D eigenvalue weighted by molar-refractivity contribution is 6.03. The SMILES string of the molecule is C=CCO[C@@]12Oc3ccc(OC(=O)NCc4ccccc4)cc3[C@H]3[C@H](CCCCO)[C@@H](CCCCO)C=C(C(=NOC)C[C@@H]1N(Cc1ccc(F)cc1)C(=O)c1ccc(C#N)cc1)[C@H]32. The molecule has 0 saturated heterocycles. The molecule has 1 heterocycles. The Kier molecular flexibility index (Phi) is 15.3.